The molecule has 5 heteroatoms. The minimum Gasteiger partial charge on any atom is -0.462 e. The summed E-state index contributed by atoms with van der Waals surface area (Å²) in [6.07, 6.45) is 110. The van der Waals surface area contributed by atoms with Gasteiger partial charge in [0.15, 0.2) is 6.10 Å². The number of allylic oxidation sites excluding steroid dienone is 18. The lowest BCUT2D eigenvalue weighted by Gasteiger charge is -2.15. The third-order valence-corrected chi connectivity index (χ3v) is 16.6. The molecule has 0 fully saturated rings. The Balaban J connectivity index is 3.43. The maximum Gasteiger partial charge on any atom is 0.306 e. The molecule has 1 N–H and O–H groups in total. The first-order chi connectivity index (χ1) is 42.6. The first kappa shape index (κ1) is 82.6. The molecule has 0 aliphatic rings. The molecule has 0 aromatic carbocycles. The Morgan fingerprint density at radius 3 is 0.756 bits per heavy atom. The molecule has 0 heterocycles. The summed E-state index contributed by atoms with van der Waals surface area (Å²) in [6.45, 7) is 4.06. The molecule has 0 spiro atoms. The van der Waals surface area contributed by atoms with Crippen molar-refractivity contribution in [2.45, 2.75) is 380 Å². The highest BCUT2D eigenvalue weighted by Crippen LogP contribution is 2.18. The van der Waals surface area contributed by atoms with Crippen molar-refractivity contribution in [1.29, 1.82) is 0 Å². The highest BCUT2D eigenvalue weighted by molar-refractivity contribution is 5.70. The monoisotopic (exact) mass is 1200 g/mol. The second-order valence-electron chi connectivity index (χ2n) is 25.0. The minimum atomic E-state index is -0.775. The van der Waals surface area contributed by atoms with Crippen LogP contribution in [0.3, 0.4) is 0 Å². The average Bonchev–Trinajstić information content (AvgIpc) is 3.54. The Morgan fingerprint density at radius 2 is 0.500 bits per heavy atom. The predicted octanol–water partition coefficient (Wildman–Crippen LogP) is 26.3. The van der Waals surface area contributed by atoms with Crippen molar-refractivity contribution >= 4 is 11.9 Å². The Morgan fingerprint density at radius 1 is 0.279 bits per heavy atom. The van der Waals surface area contributed by atoms with Crippen LogP contribution in [0.5, 0.6) is 0 Å². The largest absolute Gasteiger partial charge is 0.462 e. The predicted molar refractivity (Wildman–Crippen MR) is 380 cm³/mol. The fraction of sp³-hybridized carbons (Fsp3) is 0.753. The van der Waals surface area contributed by atoms with Gasteiger partial charge in [-0.15, -0.1) is 0 Å². The van der Waals surface area contributed by atoms with Gasteiger partial charge in [-0.3, -0.25) is 9.59 Å². The summed E-state index contributed by atoms with van der Waals surface area (Å²) < 4.78 is 10.8. The van der Waals surface area contributed by atoms with Crippen LogP contribution in [-0.4, -0.2) is 36.4 Å². The molecule has 0 radical (unpaired) electrons. The average molecular weight is 1200 g/mol. The second kappa shape index (κ2) is 75.8. The van der Waals surface area contributed by atoms with Crippen molar-refractivity contribution in [2.24, 2.45) is 0 Å². The van der Waals surface area contributed by atoms with Crippen LogP contribution in [0.1, 0.15) is 373 Å². The second-order valence-corrected chi connectivity index (χ2v) is 25.0. The van der Waals surface area contributed by atoms with Crippen LogP contribution in [0.25, 0.3) is 0 Å². The number of rotatable bonds is 69. The molecule has 0 saturated heterocycles. The third kappa shape index (κ3) is 73.0. The van der Waals surface area contributed by atoms with Crippen molar-refractivity contribution in [3.8, 4) is 0 Å². The normalized spacial score (nSPS) is 12.8. The molecule has 86 heavy (non-hydrogen) atoms. The van der Waals surface area contributed by atoms with Crippen LogP contribution in [0.2, 0.25) is 0 Å². The van der Waals surface area contributed by atoms with Crippen molar-refractivity contribution in [3.05, 3.63) is 109 Å². The maximum atomic E-state index is 12.4. The van der Waals surface area contributed by atoms with Gasteiger partial charge < -0.3 is 14.6 Å². The van der Waals surface area contributed by atoms with E-state index in [1.165, 1.54) is 257 Å². The van der Waals surface area contributed by atoms with Gasteiger partial charge in [-0.1, -0.05) is 367 Å². The van der Waals surface area contributed by atoms with E-state index in [0.717, 1.165) is 89.9 Å². The first-order valence-electron chi connectivity index (χ1n) is 37.4. The molecule has 0 aliphatic carbocycles. The standard InChI is InChI=1S/C81H142O5/c1-3-5-7-9-11-13-15-17-19-21-23-25-27-29-31-33-35-36-37-38-39-40-41-42-43-44-46-48-50-52-54-56-58-60-62-64-66-68-70-72-74-76-81(84)86-79(77-82)78-85-80(83)75-73-71-69-67-65-63-61-59-57-55-53-51-49-47-45-34-32-30-28-26-24-22-20-18-16-14-12-10-8-6-4-2/h5,7,11,13,16-19,22-25,29,31,35-36,38-39,79,82H,3-4,6,8-10,12,14-15,20-21,26-28,30,32-34,37,40-78H2,1-2H3/b7-5-,13-11-,18-16-,19-17-,24-22-,25-23-,31-29-,36-35-,39-38-. The Bertz CT molecular complexity index is 1640. The zero-order valence-electron chi connectivity index (χ0n) is 57.1. The summed E-state index contributed by atoms with van der Waals surface area (Å²) in [5, 5.41) is 9.72. The van der Waals surface area contributed by atoms with E-state index in [9.17, 15) is 14.7 Å². The van der Waals surface area contributed by atoms with E-state index >= 15 is 0 Å². The van der Waals surface area contributed by atoms with E-state index in [-0.39, 0.29) is 25.2 Å². The number of ether oxygens (including phenoxy) is 2. The molecule has 0 bridgehead atoms. The molecule has 0 amide bonds. The van der Waals surface area contributed by atoms with Gasteiger partial charge in [0.05, 0.1) is 6.61 Å². The molecule has 5 nitrogen and oxygen atoms in total. The molecular formula is C81H142O5. The van der Waals surface area contributed by atoms with E-state index in [2.05, 4.69) is 123 Å². The fourth-order valence-electron chi connectivity index (χ4n) is 11.0. The fourth-order valence-corrected chi connectivity index (χ4v) is 11.0. The lowest BCUT2D eigenvalue weighted by Crippen LogP contribution is -2.28. The van der Waals surface area contributed by atoms with Gasteiger partial charge in [0.1, 0.15) is 6.61 Å². The summed E-state index contributed by atoms with van der Waals surface area (Å²) >= 11 is 0. The van der Waals surface area contributed by atoms with E-state index in [1.807, 2.05) is 0 Å². The zero-order valence-corrected chi connectivity index (χ0v) is 57.1. The highest BCUT2D eigenvalue weighted by atomic mass is 16.6. The molecular weight excluding hydrogens is 1050 g/mol. The van der Waals surface area contributed by atoms with Gasteiger partial charge in [0.2, 0.25) is 0 Å². The van der Waals surface area contributed by atoms with Crippen LogP contribution in [-0.2, 0) is 19.1 Å². The van der Waals surface area contributed by atoms with Crippen LogP contribution in [0, 0.1) is 0 Å². The quantitative estimate of drug-likeness (QED) is 0.0373. The Kier molecular flexibility index (Phi) is 72.8. The van der Waals surface area contributed by atoms with Crippen molar-refractivity contribution in [2.75, 3.05) is 13.2 Å². The maximum absolute atomic E-state index is 12.4. The highest BCUT2D eigenvalue weighted by Gasteiger charge is 2.16. The number of carbonyl (C=O) groups is 2. The molecule has 1 unspecified atom stereocenters. The lowest BCUT2D eigenvalue weighted by molar-refractivity contribution is -0.161. The summed E-state index contributed by atoms with van der Waals surface area (Å²) in [4.78, 5) is 24.7. The number of hydrogen-bond acceptors (Lipinski definition) is 5. The summed E-state index contributed by atoms with van der Waals surface area (Å²) in [5.74, 6) is -0.574. The third-order valence-electron chi connectivity index (χ3n) is 16.6. The molecule has 0 saturated carbocycles. The van der Waals surface area contributed by atoms with Gasteiger partial charge in [0, 0.05) is 12.8 Å². The number of carbonyl (C=O) groups excluding carboxylic acids is 2. The van der Waals surface area contributed by atoms with Crippen LogP contribution >= 0.6 is 0 Å². The first-order valence-corrected chi connectivity index (χ1v) is 37.4. The van der Waals surface area contributed by atoms with Gasteiger partial charge in [0.25, 0.3) is 0 Å². The van der Waals surface area contributed by atoms with E-state index in [1.54, 1.807) is 0 Å². The van der Waals surface area contributed by atoms with Gasteiger partial charge in [-0.25, -0.2) is 0 Å². The van der Waals surface area contributed by atoms with Gasteiger partial charge in [-0.05, 0) is 103 Å². The number of aliphatic hydroxyl groups is 1. The van der Waals surface area contributed by atoms with Crippen molar-refractivity contribution < 1.29 is 24.2 Å². The Labute approximate surface area is 535 Å². The zero-order chi connectivity index (χ0) is 61.9. The van der Waals surface area contributed by atoms with Crippen molar-refractivity contribution in [1.82, 2.24) is 0 Å². The summed E-state index contributed by atoms with van der Waals surface area (Å²) in [5.41, 5.74) is 0. The van der Waals surface area contributed by atoms with Crippen LogP contribution < -0.4 is 0 Å². The molecule has 0 aromatic heterocycles. The van der Waals surface area contributed by atoms with Gasteiger partial charge >= 0.3 is 11.9 Å². The number of hydrogen-bond donors (Lipinski definition) is 1. The molecule has 0 rings (SSSR count). The number of unbranched alkanes of at least 4 members (excludes halogenated alkanes) is 43. The molecule has 496 valence electrons. The van der Waals surface area contributed by atoms with E-state index in [0.29, 0.717) is 12.8 Å². The summed E-state index contributed by atoms with van der Waals surface area (Å²) in [7, 11) is 0. The number of aliphatic hydroxyl groups excluding tert-OH is 1. The summed E-state index contributed by atoms with van der Waals surface area (Å²) in [6, 6.07) is 0. The smallest absolute Gasteiger partial charge is 0.306 e. The van der Waals surface area contributed by atoms with Crippen molar-refractivity contribution in [3.63, 3.8) is 0 Å². The number of esters is 2. The van der Waals surface area contributed by atoms with Gasteiger partial charge in [-0.2, -0.15) is 0 Å². The lowest BCUT2D eigenvalue weighted by atomic mass is 10.0. The molecule has 0 aliphatic heterocycles. The Hall–Kier alpha value is -3.44. The van der Waals surface area contributed by atoms with Crippen LogP contribution in [0.15, 0.2) is 109 Å². The minimum absolute atomic E-state index is 0.0640. The topological polar surface area (TPSA) is 72.8 Å². The van der Waals surface area contributed by atoms with E-state index < -0.39 is 6.10 Å². The van der Waals surface area contributed by atoms with E-state index in [4.69, 9.17) is 9.47 Å². The SMILES string of the molecule is CC/C=C\C/C=C\C/C=C\C/C=C\C/C=C\C/C=C\C/C=C\CCCCCCCCCCCCCCCCCCCCCC(=O)OC(CO)COC(=O)CCCCCCCCCCCCCCCCCCCCC/C=C\C/C=C\CCCCCCC. The molecule has 1 atom stereocenters. The van der Waals surface area contributed by atoms with Crippen LogP contribution in [0.4, 0.5) is 0 Å². The molecule has 0 aromatic rings.